The molecule has 22 heavy (non-hydrogen) atoms. The summed E-state index contributed by atoms with van der Waals surface area (Å²) in [6, 6.07) is 4.49. The summed E-state index contributed by atoms with van der Waals surface area (Å²) in [5, 5.41) is 0. The van der Waals surface area contributed by atoms with Gasteiger partial charge in [-0.1, -0.05) is 0 Å². The largest absolute Gasteiger partial charge is 0.496 e. The summed E-state index contributed by atoms with van der Waals surface area (Å²) >= 11 is 0. The summed E-state index contributed by atoms with van der Waals surface area (Å²) in [7, 11) is 2.65. The van der Waals surface area contributed by atoms with E-state index in [-0.39, 0.29) is 35.1 Å². The topological polar surface area (TPSA) is 53.7 Å². The molecule has 0 radical (unpaired) electrons. The summed E-state index contributed by atoms with van der Waals surface area (Å²) in [6.07, 6.45) is 0. The molecule has 0 aliphatic carbocycles. The van der Waals surface area contributed by atoms with Crippen molar-refractivity contribution in [1.29, 1.82) is 0 Å². The lowest BCUT2D eigenvalue weighted by Crippen LogP contribution is -2.05. The molecule has 2 N–H and O–H groups in total. The second kappa shape index (κ2) is 6.46. The second-order valence-electron chi connectivity index (χ2n) is 4.36. The first-order valence-corrected chi connectivity index (χ1v) is 6.24. The van der Waals surface area contributed by atoms with Gasteiger partial charge in [0.05, 0.1) is 25.5 Å². The Hall–Kier alpha value is -2.57. The SMILES string of the molecule is COc1cc(F)c(N)cc1OCc1c(OC)ccc(F)c1F. The number of hydrogen-bond donors (Lipinski definition) is 1. The van der Waals surface area contributed by atoms with Crippen LogP contribution in [-0.4, -0.2) is 14.2 Å². The van der Waals surface area contributed by atoms with Crippen LogP contribution in [-0.2, 0) is 6.61 Å². The summed E-state index contributed by atoms with van der Waals surface area (Å²) < 4.78 is 55.8. The third kappa shape index (κ3) is 3.03. The van der Waals surface area contributed by atoms with Crippen molar-refractivity contribution in [3.8, 4) is 17.2 Å². The van der Waals surface area contributed by atoms with Crippen molar-refractivity contribution in [2.45, 2.75) is 6.61 Å². The molecule has 2 aromatic rings. The molecule has 0 fully saturated rings. The van der Waals surface area contributed by atoms with Gasteiger partial charge in [0.25, 0.3) is 0 Å². The Morgan fingerprint density at radius 2 is 1.59 bits per heavy atom. The number of methoxy groups -OCH3 is 2. The average molecular weight is 313 g/mol. The van der Waals surface area contributed by atoms with Crippen LogP contribution in [0.4, 0.5) is 18.9 Å². The van der Waals surface area contributed by atoms with Gasteiger partial charge in [-0.15, -0.1) is 0 Å². The van der Waals surface area contributed by atoms with Gasteiger partial charge in [0, 0.05) is 12.1 Å². The average Bonchev–Trinajstić information content (AvgIpc) is 2.51. The fourth-order valence-electron chi connectivity index (χ4n) is 1.87. The molecular weight excluding hydrogens is 299 g/mol. The van der Waals surface area contributed by atoms with Gasteiger partial charge in [0.2, 0.25) is 0 Å². The van der Waals surface area contributed by atoms with Crippen LogP contribution >= 0.6 is 0 Å². The van der Waals surface area contributed by atoms with Crippen molar-refractivity contribution in [2.24, 2.45) is 0 Å². The van der Waals surface area contributed by atoms with Crippen molar-refractivity contribution >= 4 is 5.69 Å². The lowest BCUT2D eigenvalue weighted by molar-refractivity contribution is 0.269. The zero-order valence-corrected chi connectivity index (χ0v) is 12.0. The molecule has 0 aromatic heterocycles. The van der Waals surface area contributed by atoms with Gasteiger partial charge >= 0.3 is 0 Å². The Morgan fingerprint density at radius 3 is 2.23 bits per heavy atom. The standard InChI is InChI=1S/C15H14F3NO3/c1-20-12-4-3-9(16)15(18)8(12)7-22-14-6-11(19)10(17)5-13(14)21-2/h3-6H,7,19H2,1-2H3. The highest BCUT2D eigenvalue weighted by Gasteiger charge is 2.17. The van der Waals surface area contributed by atoms with E-state index in [4.69, 9.17) is 19.9 Å². The third-order valence-electron chi connectivity index (χ3n) is 3.03. The monoisotopic (exact) mass is 313 g/mol. The van der Waals surface area contributed by atoms with E-state index in [1.807, 2.05) is 0 Å². The Morgan fingerprint density at radius 1 is 0.909 bits per heavy atom. The fraction of sp³-hybridized carbons (Fsp3) is 0.200. The minimum absolute atomic E-state index is 0.0856. The predicted molar refractivity (Wildman–Crippen MR) is 74.6 cm³/mol. The molecule has 4 nitrogen and oxygen atoms in total. The van der Waals surface area contributed by atoms with Crippen LogP contribution in [0.2, 0.25) is 0 Å². The Kier molecular flexibility index (Phi) is 4.65. The number of benzene rings is 2. The molecular formula is C15H14F3NO3. The van der Waals surface area contributed by atoms with Crippen molar-refractivity contribution in [2.75, 3.05) is 20.0 Å². The lowest BCUT2D eigenvalue weighted by atomic mass is 10.2. The van der Waals surface area contributed by atoms with E-state index in [2.05, 4.69) is 0 Å². The molecule has 2 aromatic carbocycles. The first-order valence-electron chi connectivity index (χ1n) is 6.24. The molecule has 0 saturated heterocycles. The van der Waals surface area contributed by atoms with Crippen LogP contribution < -0.4 is 19.9 Å². The van der Waals surface area contributed by atoms with Gasteiger partial charge in [-0.05, 0) is 12.1 Å². The molecule has 0 bridgehead atoms. The highest BCUT2D eigenvalue weighted by atomic mass is 19.2. The van der Waals surface area contributed by atoms with Gasteiger partial charge < -0.3 is 19.9 Å². The molecule has 0 heterocycles. The second-order valence-corrected chi connectivity index (χ2v) is 4.36. The number of ether oxygens (including phenoxy) is 3. The summed E-state index contributed by atoms with van der Waals surface area (Å²) in [4.78, 5) is 0. The fourth-order valence-corrected chi connectivity index (χ4v) is 1.87. The lowest BCUT2D eigenvalue weighted by Gasteiger charge is -2.14. The first-order chi connectivity index (χ1) is 10.5. The summed E-state index contributed by atoms with van der Waals surface area (Å²) in [5.74, 6) is -2.44. The van der Waals surface area contributed by atoms with E-state index in [9.17, 15) is 13.2 Å². The Labute approximate surface area is 125 Å². The maximum Gasteiger partial charge on any atom is 0.169 e. The predicted octanol–water partition coefficient (Wildman–Crippen LogP) is 3.28. The van der Waals surface area contributed by atoms with Crippen LogP contribution in [0.5, 0.6) is 17.2 Å². The first kappa shape index (κ1) is 15.8. The van der Waals surface area contributed by atoms with Crippen LogP contribution in [0.25, 0.3) is 0 Å². The van der Waals surface area contributed by atoms with Crippen molar-refractivity contribution in [3.63, 3.8) is 0 Å². The van der Waals surface area contributed by atoms with Crippen molar-refractivity contribution in [1.82, 2.24) is 0 Å². The molecule has 7 heteroatoms. The molecule has 0 aliphatic rings. The zero-order chi connectivity index (χ0) is 16.3. The van der Waals surface area contributed by atoms with E-state index >= 15 is 0 Å². The van der Waals surface area contributed by atoms with Gasteiger partial charge in [-0.3, -0.25) is 0 Å². The molecule has 0 spiro atoms. The zero-order valence-electron chi connectivity index (χ0n) is 12.0. The van der Waals surface area contributed by atoms with E-state index in [1.165, 1.54) is 26.4 Å². The molecule has 0 aliphatic heterocycles. The molecule has 0 saturated carbocycles. The van der Waals surface area contributed by atoms with Crippen LogP contribution in [0.15, 0.2) is 24.3 Å². The van der Waals surface area contributed by atoms with Crippen LogP contribution in [0.1, 0.15) is 5.56 Å². The van der Waals surface area contributed by atoms with Gasteiger partial charge in [-0.25, -0.2) is 13.2 Å². The highest BCUT2D eigenvalue weighted by molar-refractivity contribution is 5.53. The molecule has 0 amide bonds. The van der Waals surface area contributed by atoms with Crippen molar-refractivity contribution < 1.29 is 27.4 Å². The Balaban J connectivity index is 2.31. The summed E-state index contributed by atoms with van der Waals surface area (Å²) in [5.41, 5.74) is 5.20. The van der Waals surface area contributed by atoms with E-state index in [0.29, 0.717) is 0 Å². The molecule has 0 atom stereocenters. The minimum Gasteiger partial charge on any atom is -0.496 e. The number of nitrogens with two attached hydrogens (primary N) is 1. The molecule has 2 rings (SSSR count). The third-order valence-corrected chi connectivity index (χ3v) is 3.03. The highest BCUT2D eigenvalue weighted by Crippen LogP contribution is 2.33. The van der Waals surface area contributed by atoms with Gasteiger partial charge in [0.15, 0.2) is 23.1 Å². The molecule has 118 valence electrons. The maximum atomic E-state index is 13.8. The number of nitrogen functional groups attached to an aromatic ring is 1. The van der Waals surface area contributed by atoms with Crippen molar-refractivity contribution in [3.05, 3.63) is 47.3 Å². The normalized spacial score (nSPS) is 10.4. The number of anilines is 1. The molecule has 0 unspecified atom stereocenters. The summed E-state index contributed by atoms with van der Waals surface area (Å²) in [6.45, 7) is -0.339. The number of hydrogen-bond acceptors (Lipinski definition) is 4. The van der Waals surface area contributed by atoms with E-state index in [0.717, 1.165) is 12.1 Å². The minimum atomic E-state index is -1.08. The van der Waals surface area contributed by atoms with Gasteiger partial charge in [0.1, 0.15) is 18.2 Å². The maximum absolute atomic E-state index is 13.8. The van der Waals surface area contributed by atoms with Gasteiger partial charge in [-0.2, -0.15) is 0 Å². The number of rotatable bonds is 5. The smallest absolute Gasteiger partial charge is 0.169 e. The van der Waals surface area contributed by atoms with E-state index in [1.54, 1.807) is 0 Å². The van der Waals surface area contributed by atoms with Crippen LogP contribution in [0.3, 0.4) is 0 Å². The quantitative estimate of drug-likeness (QED) is 0.861. The number of halogens is 3. The Bertz CT molecular complexity index is 692. The van der Waals surface area contributed by atoms with Crippen LogP contribution in [0, 0.1) is 17.5 Å². The van der Waals surface area contributed by atoms with E-state index < -0.39 is 17.5 Å².